The molecule has 31 heavy (non-hydrogen) atoms. The Kier molecular flexibility index (Phi) is 8.83. The molecule has 3 rings (SSSR count). The molecule has 2 aromatic rings. The van der Waals surface area contributed by atoms with E-state index in [1.165, 1.54) is 17.0 Å². The minimum atomic E-state index is -0.633. The number of nitrogens with zero attached hydrogens (tertiary/aromatic N) is 2. The number of carbonyl (C=O) groups is 1. The highest BCUT2D eigenvalue weighted by Gasteiger charge is 2.33. The lowest BCUT2D eigenvalue weighted by Gasteiger charge is -2.37. The molecule has 1 amide bonds. The molecule has 0 aliphatic carbocycles. The lowest BCUT2D eigenvalue weighted by molar-refractivity contribution is -0.136. The van der Waals surface area contributed by atoms with Crippen LogP contribution in [-0.2, 0) is 16.0 Å². The van der Waals surface area contributed by atoms with Crippen molar-refractivity contribution in [3.05, 3.63) is 52.0 Å². The molecule has 0 saturated heterocycles. The summed E-state index contributed by atoms with van der Waals surface area (Å²) in [6.45, 7) is 4.58. The third-order valence-electron chi connectivity index (χ3n) is 5.36. The standard InChI is InChI=1S/C23H31FN2O4S/c1-3-10-25(13-18(27)15-29-2)14-23(28)26-11-8-22-20(9-12-31-22)21(26)16-30-19-6-4-17(24)5-7-19/h4-7,9,12,18,21,27H,3,8,10-11,13-16H2,1-2H3. The first-order valence-corrected chi connectivity index (χ1v) is 11.5. The summed E-state index contributed by atoms with van der Waals surface area (Å²) in [5, 5.41) is 12.2. The van der Waals surface area contributed by atoms with E-state index in [1.807, 2.05) is 15.2 Å². The number of rotatable bonds is 11. The van der Waals surface area contributed by atoms with Crippen LogP contribution in [0, 0.1) is 5.82 Å². The van der Waals surface area contributed by atoms with E-state index in [2.05, 4.69) is 13.0 Å². The quantitative estimate of drug-likeness (QED) is 0.570. The third kappa shape index (κ3) is 6.49. The Morgan fingerprint density at radius 1 is 1.35 bits per heavy atom. The Labute approximate surface area is 187 Å². The summed E-state index contributed by atoms with van der Waals surface area (Å²) in [5.41, 5.74) is 1.12. The number of thiophene rings is 1. The van der Waals surface area contributed by atoms with Crippen LogP contribution in [0.4, 0.5) is 4.39 Å². The molecule has 1 aromatic carbocycles. The van der Waals surface area contributed by atoms with Crippen LogP contribution < -0.4 is 4.74 Å². The van der Waals surface area contributed by atoms with Crippen LogP contribution in [0.25, 0.3) is 0 Å². The van der Waals surface area contributed by atoms with E-state index in [-0.39, 0.29) is 30.9 Å². The van der Waals surface area contributed by atoms with E-state index < -0.39 is 6.10 Å². The third-order valence-corrected chi connectivity index (χ3v) is 6.36. The number of hydrogen-bond acceptors (Lipinski definition) is 6. The molecule has 0 bridgehead atoms. The van der Waals surface area contributed by atoms with Crippen LogP contribution in [0.1, 0.15) is 29.8 Å². The van der Waals surface area contributed by atoms with Gasteiger partial charge in [0.2, 0.25) is 5.91 Å². The van der Waals surface area contributed by atoms with E-state index in [1.54, 1.807) is 30.6 Å². The maximum absolute atomic E-state index is 13.3. The lowest BCUT2D eigenvalue weighted by atomic mass is 10.0. The van der Waals surface area contributed by atoms with Crippen molar-refractivity contribution in [2.45, 2.75) is 31.9 Å². The second-order valence-electron chi connectivity index (χ2n) is 7.76. The normalized spacial score (nSPS) is 16.9. The van der Waals surface area contributed by atoms with Gasteiger partial charge in [0.05, 0.1) is 25.3 Å². The maximum Gasteiger partial charge on any atom is 0.237 e. The molecule has 2 unspecified atom stereocenters. The van der Waals surface area contributed by atoms with Gasteiger partial charge in [-0.3, -0.25) is 9.69 Å². The molecule has 0 radical (unpaired) electrons. The summed E-state index contributed by atoms with van der Waals surface area (Å²) in [4.78, 5) is 18.4. The summed E-state index contributed by atoms with van der Waals surface area (Å²) in [7, 11) is 1.55. The number of carbonyl (C=O) groups excluding carboxylic acids is 1. The summed E-state index contributed by atoms with van der Waals surface area (Å²) < 4.78 is 24.1. The summed E-state index contributed by atoms with van der Waals surface area (Å²) in [6, 6.07) is 7.79. The topological polar surface area (TPSA) is 62.2 Å². The second-order valence-corrected chi connectivity index (χ2v) is 8.76. The molecule has 0 spiro atoms. The number of aliphatic hydroxyl groups is 1. The van der Waals surface area contributed by atoms with E-state index in [4.69, 9.17) is 9.47 Å². The average Bonchev–Trinajstić information content (AvgIpc) is 3.22. The predicted octanol–water partition coefficient (Wildman–Crippen LogP) is 3.11. The first-order valence-electron chi connectivity index (χ1n) is 10.6. The van der Waals surface area contributed by atoms with Crippen LogP contribution in [0.15, 0.2) is 35.7 Å². The SMILES string of the molecule is CCCN(CC(=O)N1CCc2sccc2C1COc1ccc(F)cc1)CC(O)COC. The Hall–Kier alpha value is -2.00. The smallest absolute Gasteiger partial charge is 0.237 e. The fraction of sp³-hybridized carbons (Fsp3) is 0.522. The van der Waals surface area contributed by atoms with Gasteiger partial charge in [0.15, 0.2) is 0 Å². The van der Waals surface area contributed by atoms with Gasteiger partial charge in [0, 0.05) is 25.1 Å². The van der Waals surface area contributed by atoms with E-state index in [9.17, 15) is 14.3 Å². The Morgan fingerprint density at radius 3 is 2.84 bits per heavy atom. The lowest BCUT2D eigenvalue weighted by Crippen LogP contribution is -2.48. The molecule has 170 valence electrons. The van der Waals surface area contributed by atoms with E-state index in [0.29, 0.717) is 25.4 Å². The predicted molar refractivity (Wildman–Crippen MR) is 119 cm³/mol. The molecule has 6 nitrogen and oxygen atoms in total. The minimum absolute atomic E-state index is 0.0163. The molecule has 0 saturated carbocycles. The van der Waals surface area contributed by atoms with Crippen molar-refractivity contribution in [3.63, 3.8) is 0 Å². The monoisotopic (exact) mass is 450 g/mol. The van der Waals surface area contributed by atoms with Crippen LogP contribution in [0.2, 0.25) is 0 Å². The summed E-state index contributed by atoms with van der Waals surface area (Å²) >= 11 is 1.70. The van der Waals surface area contributed by atoms with Gasteiger partial charge in [-0.05, 0) is 60.7 Å². The van der Waals surface area contributed by atoms with Crippen molar-refractivity contribution < 1.29 is 23.8 Å². The van der Waals surface area contributed by atoms with Crippen molar-refractivity contribution >= 4 is 17.2 Å². The van der Waals surface area contributed by atoms with Crippen LogP contribution in [0.3, 0.4) is 0 Å². The van der Waals surface area contributed by atoms with E-state index in [0.717, 1.165) is 24.9 Å². The molecular weight excluding hydrogens is 419 g/mol. The fourth-order valence-corrected chi connectivity index (χ4v) is 4.89. The largest absolute Gasteiger partial charge is 0.491 e. The van der Waals surface area contributed by atoms with Crippen LogP contribution in [-0.4, -0.2) is 73.4 Å². The first-order chi connectivity index (χ1) is 15.0. The van der Waals surface area contributed by atoms with Crippen molar-refractivity contribution in [2.24, 2.45) is 0 Å². The van der Waals surface area contributed by atoms with Crippen LogP contribution >= 0.6 is 11.3 Å². The van der Waals surface area contributed by atoms with Gasteiger partial charge in [0.25, 0.3) is 0 Å². The summed E-state index contributed by atoms with van der Waals surface area (Å²) in [5.74, 6) is 0.280. The van der Waals surface area contributed by atoms with Gasteiger partial charge in [-0.15, -0.1) is 11.3 Å². The molecule has 2 heterocycles. The minimum Gasteiger partial charge on any atom is -0.491 e. The fourth-order valence-electron chi connectivity index (χ4n) is 3.96. The van der Waals surface area contributed by atoms with Gasteiger partial charge < -0.3 is 19.5 Å². The highest BCUT2D eigenvalue weighted by molar-refractivity contribution is 7.10. The van der Waals surface area contributed by atoms with Gasteiger partial charge >= 0.3 is 0 Å². The first kappa shape index (κ1) is 23.7. The Morgan fingerprint density at radius 2 is 2.13 bits per heavy atom. The number of ether oxygens (including phenoxy) is 2. The molecule has 2 atom stereocenters. The molecule has 1 N–H and O–H groups in total. The van der Waals surface area contributed by atoms with Crippen molar-refractivity contribution in [2.75, 3.05) is 46.5 Å². The molecule has 1 aromatic heterocycles. The van der Waals surface area contributed by atoms with Gasteiger partial charge in [-0.1, -0.05) is 6.92 Å². The number of fused-ring (bicyclic) bond motifs is 1. The number of halogens is 1. The molecular formula is C23H31FN2O4S. The summed E-state index contributed by atoms with van der Waals surface area (Å²) in [6.07, 6.45) is 1.08. The maximum atomic E-state index is 13.3. The van der Waals surface area contributed by atoms with Crippen molar-refractivity contribution in [1.82, 2.24) is 9.80 Å². The Balaban J connectivity index is 1.70. The number of benzene rings is 1. The van der Waals surface area contributed by atoms with Crippen molar-refractivity contribution in [1.29, 1.82) is 0 Å². The molecule has 0 fully saturated rings. The van der Waals surface area contributed by atoms with Crippen LogP contribution in [0.5, 0.6) is 5.75 Å². The highest BCUT2D eigenvalue weighted by Crippen LogP contribution is 2.34. The Bertz CT molecular complexity index is 829. The molecule has 1 aliphatic rings. The van der Waals surface area contributed by atoms with Crippen molar-refractivity contribution in [3.8, 4) is 5.75 Å². The number of methoxy groups -OCH3 is 1. The number of amides is 1. The molecule has 8 heteroatoms. The molecule has 1 aliphatic heterocycles. The van der Waals surface area contributed by atoms with E-state index >= 15 is 0 Å². The van der Waals surface area contributed by atoms with Gasteiger partial charge in [-0.25, -0.2) is 4.39 Å². The zero-order chi connectivity index (χ0) is 22.2. The zero-order valence-corrected chi connectivity index (χ0v) is 18.9. The van der Waals surface area contributed by atoms with Gasteiger partial charge in [0.1, 0.15) is 18.2 Å². The highest BCUT2D eigenvalue weighted by atomic mass is 32.1. The number of aliphatic hydroxyl groups excluding tert-OH is 1. The van der Waals surface area contributed by atoms with Gasteiger partial charge in [-0.2, -0.15) is 0 Å². The number of hydrogen-bond donors (Lipinski definition) is 1. The second kappa shape index (κ2) is 11.6. The zero-order valence-electron chi connectivity index (χ0n) is 18.1. The average molecular weight is 451 g/mol.